The van der Waals surface area contributed by atoms with Crippen LogP contribution in [0.4, 0.5) is 0 Å². The zero-order valence-electron chi connectivity index (χ0n) is 12.3. The molecule has 2 atom stereocenters. The van der Waals surface area contributed by atoms with Crippen molar-refractivity contribution in [3.8, 4) is 0 Å². The summed E-state index contributed by atoms with van der Waals surface area (Å²) in [5.41, 5.74) is 6.50. The van der Waals surface area contributed by atoms with Gasteiger partial charge in [0.25, 0.3) is 0 Å². The molecule has 19 heavy (non-hydrogen) atoms. The largest absolute Gasteiger partial charge is 0.381 e. The molecule has 0 aromatic heterocycles. The van der Waals surface area contributed by atoms with E-state index in [0.717, 1.165) is 38.1 Å². The molecule has 2 heterocycles. The van der Waals surface area contributed by atoms with E-state index < -0.39 is 0 Å². The van der Waals surface area contributed by atoms with Crippen LogP contribution in [0.1, 0.15) is 57.8 Å². The summed E-state index contributed by atoms with van der Waals surface area (Å²) >= 11 is 0. The summed E-state index contributed by atoms with van der Waals surface area (Å²) in [5, 5.41) is 0. The van der Waals surface area contributed by atoms with E-state index in [1.807, 2.05) is 0 Å². The van der Waals surface area contributed by atoms with Crippen LogP contribution in [0, 0.1) is 5.92 Å². The van der Waals surface area contributed by atoms with Gasteiger partial charge in [-0.3, -0.25) is 4.90 Å². The SMILES string of the molecule is NCC1(N2CCCC2C2CCCC2)CCCOCC1. The van der Waals surface area contributed by atoms with Crippen LogP contribution in [0.15, 0.2) is 0 Å². The molecule has 3 rings (SSSR count). The van der Waals surface area contributed by atoms with Crippen molar-refractivity contribution < 1.29 is 4.74 Å². The van der Waals surface area contributed by atoms with Crippen molar-refractivity contribution in [2.75, 3.05) is 26.3 Å². The van der Waals surface area contributed by atoms with E-state index in [9.17, 15) is 0 Å². The van der Waals surface area contributed by atoms with Gasteiger partial charge in [0.15, 0.2) is 0 Å². The first-order chi connectivity index (χ1) is 9.36. The van der Waals surface area contributed by atoms with Crippen molar-refractivity contribution >= 4 is 0 Å². The predicted molar refractivity (Wildman–Crippen MR) is 78.1 cm³/mol. The van der Waals surface area contributed by atoms with Crippen LogP contribution in [0.3, 0.4) is 0 Å². The van der Waals surface area contributed by atoms with Gasteiger partial charge in [-0.1, -0.05) is 12.8 Å². The number of nitrogens with zero attached hydrogens (tertiary/aromatic N) is 1. The average Bonchev–Trinajstić information content (AvgIpc) is 3.06. The Balaban J connectivity index is 1.76. The molecule has 1 aliphatic carbocycles. The van der Waals surface area contributed by atoms with E-state index >= 15 is 0 Å². The molecule has 2 aliphatic heterocycles. The zero-order chi connectivity index (χ0) is 13.1. The highest BCUT2D eigenvalue weighted by Gasteiger charge is 2.44. The highest BCUT2D eigenvalue weighted by Crippen LogP contribution is 2.41. The van der Waals surface area contributed by atoms with Gasteiger partial charge in [-0.15, -0.1) is 0 Å². The van der Waals surface area contributed by atoms with Crippen LogP contribution >= 0.6 is 0 Å². The summed E-state index contributed by atoms with van der Waals surface area (Å²) in [4.78, 5) is 2.83. The Morgan fingerprint density at radius 3 is 2.63 bits per heavy atom. The van der Waals surface area contributed by atoms with E-state index in [1.54, 1.807) is 0 Å². The molecule has 3 heteroatoms. The van der Waals surface area contributed by atoms with Crippen molar-refractivity contribution in [2.45, 2.75) is 69.4 Å². The molecule has 0 spiro atoms. The predicted octanol–water partition coefficient (Wildman–Crippen LogP) is 2.54. The number of ether oxygens (including phenoxy) is 1. The second-order valence-electron chi connectivity index (χ2n) is 6.84. The van der Waals surface area contributed by atoms with Gasteiger partial charge in [0, 0.05) is 31.3 Å². The minimum atomic E-state index is 0.250. The van der Waals surface area contributed by atoms with Crippen molar-refractivity contribution in [3.63, 3.8) is 0 Å². The Bertz CT molecular complexity index is 280. The molecule has 2 N–H and O–H groups in total. The topological polar surface area (TPSA) is 38.5 Å². The van der Waals surface area contributed by atoms with Crippen LogP contribution in [0.5, 0.6) is 0 Å². The van der Waals surface area contributed by atoms with Crippen molar-refractivity contribution in [1.82, 2.24) is 4.90 Å². The molecule has 1 saturated carbocycles. The lowest BCUT2D eigenvalue weighted by atomic mass is 9.85. The van der Waals surface area contributed by atoms with E-state index in [0.29, 0.717) is 0 Å². The summed E-state index contributed by atoms with van der Waals surface area (Å²) in [6.07, 6.45) is 12.2. The van der Waals surface area contributed by atoms with Crippen LogP contribution in [-0.4, -0.2) is 42.8 Å². The first kappa shape index (κ1) is 13.8. The standard InChI is InChI=1S/C16H30N2O/c17-13-16(8-4-11-19-12-9-16)18-10-3-7-15(18)14-5-1-2-6-14/h14-15H,1-13,17H2. The summed E-state index contributed by atoms with van der Waals surface area (Å²) in [5.74, 6) is 0.954. The van der Waals surface area contributed by atoms with Gasteiger partial charge in [-0.05, 0) is 57.4 Å². The third kappa shape index (κ3) is 2.70. The Morgan fingerprint density at radius 2 is 1.84 bits per heavy atom. The van der Waals surface area contributed by atoms with Crippen LogP contribution in [0.2, 0.25) is 0 Å². The summed E-state index contributed by atoms with van der Waals surface area (Å²) in [7, 11) is 0. The maximum atomic E-state index is 6.25. The Hall–Kier alpha value is -0.120. The smallest absolute Gasteiger partial charge is 0.0484 e. The highest BCUT2D eigenvalue weighted by atomic mass is 16.5. The van der Waals surface area contributed by atoms with Crippen molar-refractivity contribution in [1.29, 1.82) is 0 Å². The molecule has 0 aromatic carbocycles. The van der Waals surface area contributed by atoms with E-state index in [-0.39, 0.29) is 5.54 Å². The minimum absolute atomic E-state index is 0.250. The number of hydrogen-bond donors (Lipinski definition) is 1. The van der Waals surface area contributed by atoms with E-state index in [2.05, 4.69) is 4.90 Å². The van der Waals surface area contributed by atoms with Gasteiger partial charge in [0.2, 0.25) is 0 Å². The molecule has 2 unspecified atom stereocenters. The maximum Gasteiger partial charge on any atom is 0.0484 e. The quantitative estimate of drug-likeness (QED) is 0.853. The van der Waals surface area contributed by atoms with Gasteiger partial charge in [-0.25, -0.2) is 0 Å². The molecule has 0 radical (unpaired) electrons. The number of hydrogen-bond acceptors (Lipinski definition) is 3. The van der Waals surface area contributed by atoms with E-state index in [4.69, 9.17) is 10.5 Å². The summed E-state index contributed by atoms with van der Waals surface area (Å²) in [6, 6.07) is 0.823. The lowest BCUT2D eigenvalue weighted by Gasteiger charge is -2.45. The van der Waals surface area contributed by atoms with Gasteiger partial charge in [0.1, 0.15) is 0 Å². The molecule has 0 bridgehead atoms. The van der Waals surface area contributed by atoms with Crippen LogP contribution in [-0.2, 0) is 4.74 Å². The molecular weight excluding hydrogens is 236 g/mol. The van der Waals surface area contributed by atoms with Crippen molar-refractivity contribution in [2.24, 2.45) is 11.7 Å². The molecule has 110 valence electrons. The minimum Gasteiger partial charge on any atom is -0.381 e. The Morgan fingerprint density at radius 1 is 1.00 bits per heavy atom. The van der Waals surface area contributed by atoms with Crippen LogP contribution < -0.4 is 5.73 Å². The average molecular weight is 266 g/mol. The molecule has 3 fully saturated rings. The highest BCUT2D eigenvalue weighted by molar-refractivity contribution is 5.00. The maximum absolute atomic E-state index is 6.25. The molecule has 0 amide bonds. The Kier molecular flexibility index (Phi) is 4.45. The van der Waals surface area contributed by atoms with Crippen LogP contribution in [0.25, 0.3) is 0 Å². The fourth-order valence-electron chi connectivity index (χ4n) is 4.81. The summed E-state index contributed by atoms with van der Waals surface area (Å²) < 4.78 is 5.69. The monoisotopic (exact) mass is 266 g/mol. The molecule has 2 saturated heterocycles. The number of nitrogens with two attached hydrogens (primary N) is 1. The third-order valence-electron chi connectivity index (χ3n) is 5.88. The Labute approximate surface area is 117 Å². The second kappa shape index (κ2) is 6.11. The lowest BCUT2D eigenvalue weighted by Crippen LogP contribution is -2.57. The lowest BCUT2D eigenvalue weighted by molar-refractivity contribution is 0.0354. The van der Waals surface area contributed by atoms with Gasteiger partial charge in [-0.2, -0.15) is 0 Å². The van der Waals surface area contributed by atoms with Crippen molar-refractivity contribution in [3.05, 3.63) is 0 Å². The van der Waals surface area contributed by atoms with Gasteiger partial charge < -0.3 is 10.5 Å². The third-order valence-corrected chi connectivity index (χ3v) is 5.88. The zero-order valence-corrected chi connectivity index (χ0v) is 12.3. The fourth-order valence-corrected chi connectivity index (χ4v) is 4.81. The normalized spacial score (nSPS) is 38.7. The molecule has 0 aromatic rings. The van der Waals surface area contributed by atoms with Gasteiger partial charge in [0.05, 0.1) is 0 Å². The molecule has 3 nitrogen and oxygen atoms in total. The number of rotatable bonds is 3. The molecular formula is C16H30N2O. The molecule has 3 aliphatic rings. The summed E-state index contributed by atoms with van der Waals surface area (Å²) in [6.45, 7) is 3.94. The number of likely N-dealkylation sites (tertiary alicyclic amines) is 1. The second-order valence-corrected chi connectivity index (χ2v) is 6.84. The first-order valence-corrected chi connectivity index (χ1v) is 8.40. The fraction of sp³-hybridized carbons (Fsp3) is 1.00. The van der Waals surface area contributed by atoms with Gasteiger partial charge >= 0.3 is 0 Å². The van der Waals surface area contributed by atoms with E-state index in [1.165, 1.54) is 57.9 Å². The first-order valence-electron chi connectivity index (χ1n) is 8.40.